The molecule has 156 valence electrons. The van der Waals surface area contributed by atoms with Crippen LogP contribution in [-0.4, -0.2) is 49.7 Å². The number of halogens is 1. The van der Waals surface area contributed by atoms with Crippen molar-refractivity contribution in [3.8, 4) is 5.75 Å². The number of ether oxygens (including phenoxy) is 1. The van der Waals surface area contributed by atoms with Gasteiger partial charge in [0.05, 0.1) is 13.7 Å². The lowest BCUT2D eigenvalue weighted by atomic mass is 10.2. The number of rotatable bonds is 7. The topological polar surface area (TPSA) is 79.0 Å². The van der Waals surface area contributed by atoms with Gasteiger partial charge in [-0.3, -0.25) is 4.79 Å². The van der Waals surface area contributed by atoms with E-state index in [1.54, 1.807) is 25.3 Å². The van der Waals surface area contributed by atoms with Crippen molar-refractivity contribution < 1.29 is 17.9 Å². The highest BCUT2D eigenvalue weighted by atomic mass is 35.5. The Hall–Kier alpha value is -2.13. The van der Waals surface area contributed by atoms with Gasteiger partial charge >= 0.3 is 0 Å². The Morgan fingerprint density at radius 3 is 2.48 bits per heavy atom. The van der Waals surface area contributed by atoms with Gasteiger partial charge in [-0.2, -0.15) is 17.0 Å². The van der Waals surface area contributed by atoms with Crippen LogP contribution in [0.1, 0.15) is 17.5 Å². The molecule has 29 heavy (non-hydrogen) atoms. The van der Waals surface area contributed by atoms with E-state index in [9.17, 15) is 13.2 Å². The molecular formula is C20H24ClN3O4S. The Morgan fingerprint density at radius 1 is 1.10 bits per heavy atom. The second kappa shape index (κ2) is 9.58. The van der Waals surface area contributed by atoms with E-state index in [2.05, 4.69) is 5.32 Å². The Labute approximate surface area is 176 Å². The van der Waals surface area contributed by atoms with Gasteiger partial charge in [-0.1, -0.05) is 41.9 Å². The molecule has 0 aliphatic carbocycles. The van der Waals surface area contributed by atoms with Crippen LogP contribution in [0.4, 0.5) is 0 Å². The first-order chi connectivity index (χ1) is 13.9. The Balaban J connectivity index is 1.60. The van der Waals surface area contributed by atoms with Crippen molar-refractivity contribution in [2.75, 3.05) is 26.7 Å². The zero-order chi connectivity index (χ0) is 20.9. The molecule has 2 aromatic carbocycles. The third-order valence-electron chi connectivity index (χ3n) is 4.74. The molecule has 0 unspecified atom stereocenters. The molecule has 0 aromatic heterocycles. The van der Waals surface area contributed by atoms with Crippen LogP contribution < -0.4 is 10.1 Å². The van der Waals surface area contributed by atoms with Gasteiger partial charge in [0.1, 0.15) is 5.75 Å². The van der Waals surface area contributed by atoms with E-state index in [0.29, 0.717) is 30.3 Å². The van der Waals surface area contributed by atoms with Crippen molar-refractivity contribution in [2.45, 2.75) is 19.5 Å². The van der Waals surface area contributed by atoms with Crippen LogP contribution in [0.15, 0.2) is 48.5 Å². The van der Waals surface area contributed by atoms with Crippen LogP contribution in [0, 0.1) is 0 Å². The van der Waals surface area contributed by atoms with E-state index in [4.69, 9.17) is 16.3 Å². The van der Waals surface area contributed by atoms with E-state index in [1.165, 1.54) is 8.61 Å². The average Bonchev–Trinajstić information content (AvgIpc) is 2.71. The Kier molecular flexibility index (Phi) is 7.13. The molecule has 0 atom stereocenters. The van der Waals surface area contributed by atoms with Crippen LogP contribution in [0.25, 0.3) is 0 Å². The predicted octanol–water partition coefficient (Wildman–Crippen LogP) is 2.42. The quantitative estimate of drug-likeness (QED) is 0.721. The number of amides is 1. The van der Waals surface area contributed by atoms with Crippen LogP contribution in [0.5, 0.6) is 5.75 Å². The fourth-order valence-electron chi connectivity index (χ4n) is 3.12. The smallest absolute Gasteiger partial charge is 0.282 e. The second-order valence-electron chi connectivity index (χ2n) is 6.74. The van der Waals surface area contributed by atoms with Gasteiger partial charge in [0.15, 0.2) is 0 Å². The molecule has 1 saturated heterocycles. The molecule has 7 nitrogen and oxygen atoms in total. The summed E-state index contributed by atoms with van der Waals surface area (Å²) >= 11 is 6.09. The van der Waals surface area contributed by atoms with Gasteiger partial charge in [-0.25, -0.2) is 0 Å². The molecule has 1 amide bonds. The Morgan fingerprint density at radius 2 is 1.79 bits per heavy atom. The SMILES string of the molecule is COc1ccc(CN2CCCN(CC(=O)NCc3ccccc3Cl)S2(=O)=O)cc1. The lowest BCUT2D eigenvalue weighted by molar-refractivity contribution is -0.121. The van der Waals surface area contributed by atoms with Crippen molar-refractivity contribution in [1.29, 1.82) is 0 Å². The first-order valence-electron chi connectivity index (χ1n) is 9.28. The summed E-state index contributed by atoms with van der Waals surface area (Å²) in [6.45, 7) is 1.03. The summed E-state index contributed by atoms with van der Waals surface area (Å²) in [6, 6.07) is 14.5. The van der Waals surface area contributed by atoms with E-state index in [-0.39, 0.29) is 25.5 Å². The monoisotopic (exact) mass is 437 g/mol. The molecule has 9 heteroatoms. The third-order valence-corrected chi connectivity index (χ3v) is 7.04. The molecule has 2 aromatic rings. The minimum absolute atomic E-state index is 0.216. The lowest BCUT2D eigenvalue weighted by Crippen LogP contribution is -2.52. The molecule has 0 saturated carbocycles. The van der Waals surface area contributed by atoms with Crippen LogP contribution in [0.2, 0.25) is 5.02 Å². The normalized spacial score (nSPS) is 17.0. The van der Waals surface area contributed by atoms with E-state index >= 15 is 0 Å². The fourth-order valence-corrected chi connectivity index (χ4v) is 4.97. The summed E-state index contributed by atoms with van der Waals surface area (Å²) < 4.78 is 33.6. The molecule has 1 fully saturated rings. The van der Waals surface area contributed by atoms with E-state index in [0.717, 1.165) is 11.1 Å². The molecule has 1 N–H and O–H groups in total. The predicted molar refractivity (Wildman–Crippen MR) is 112 cm³/mol. The third kappa shape index (κ3) is 5.48. The molecule has 1 aliphatic heterocycles. The number of nitrogens with zero attached hydrogens (tertiary/aromatic N) is 2. The van der Waals surface area contributed by atoms with Gasteiger partial charge in [-0.05, 0) is 35.7 Å². The van der Waals surface area contributed by atoms with Gasteiger partial charge in [0.2, 0.25) is 5.91 Å². The summed E-state index contributed by atoms with van der Waals surface area (Å²) in [5.41, 5.74) is 1.64. The Bertz CT molecular complexity index is 950. The lowest BCUT2D eigenvalue weighted by Gasteiger charge is -2.34. The van der Waals surface area contributed by atoms with Crippen LogP contribution >= 0.6 is 11.6 Å². The van der Waals surface area contributed by atoms with Gasteiger partial charge < -0.3 is 10.1 Å². The number of nitrogens with one attached hydrogen (secondary N) is 1. The largest absolute Gasteiger partial charge is 0.497 e. The first-order valence-corrected chi connectivity index (χ1v) is 11.1. The van der Waals surface area contributed by atoms with Gasteiger partial charge in [0, 0.05) is 31.2 Å². The second-order valence-corrected chi connectivity index (χ2v) is 9.08. The maximum Gasteiger partial charge on any atom is 0.282 e. The number of hydrogen-bond donors (Lipinski definition) is 1. The minimum Gasteiger partial charge on any atom is -0.497 e. The van der Waals surface area contributed by atoms with Crippen molar-refractivity contribution in [1.82, 2.24) is 13.9 Å². The molecule has 3 rings (SSSR count). The molecule has 1 aliphatic rings. The summed E-state index contributed by atoms with van der Waals surface area (Å²) in [5, 5.41) is 3.30. The number of hydrogen-bond acceptors (Lipinski definition) is 4. The van der Waals surface area contributed by atoms with Crippen molar-refractivity contribution in [3.05, 3.63) is 64.7 Å². The first kappa shape index (κ1) is 21.6. The molecule has 1 heterocycles. The molecule has 0 bridgehead atoms. The van der Waals surface area contributed by atoms with Gasteiger partial charge in [0.25, 0.3) is 10.2 Å². The highest BCUT2D eigenvalue weighted by molar-refractivity contribution is 7.86. The van der Waals surface area contributed by atoms with Crippen molar-refractivity contribution in [2.24, 2.45) is 0 Å². The van der Waals surface area contributed by atoms with E-state index in [1.807, 2.05) is 30.3 Å². The molecule has 0 spiro atoms. The molecule has 0 radical (unpaired) electrons. The highest BCUT2D eigenvalue weighted by Gasteiger charge is 2.34. The van der Waals surface area contributed by atoms with Crippen molar-refractivity contribution >= 4 is 27.7 Å². The van der Waals surface area contributed by atoms with Crippen LogP contribution in [-0.2, 0) is 28.1 Å². The summed E-state index contributed by atoms with van der Waals surface area (Å²) in [7, 11) is -2.13. The highest BCUT2D eigenvalue weighted by Crippen LogP contribution is 2.20. The van der Waals surface area contributed by atoms with Gasteiger partial charge in [-0.15, -0.1) is 0 Å². The fraction of sp³-hybridized carbons (Fsp3) is 0.350. The minimum atomic E-state index is -3.72. The summed E-state index contributed by atoms with van der Waals surface area (Å²) in [5.74, 6) is 0.354. The maximum absolute atomic E-state index is 12.9. The number of carbonyl (C=O) groups is 1. The number of carbonyl (C=O) groups excluding carboxylic acids is 1. The summed E-state index contributed by atoms with van der Waals surface area (Å²) in [4.78, 5) is 12.3. The van der Waals surface area contributed by atoms with E-state index < -0.39 is 10.2 Å². The number of methoxy groups -OCH3 is 1. The van der Waals surface area contributed by atoms with Crippen LogP contribution in [0.3, 0.4) is 0 Å². The zero-order valence-electron chi connectivity index (χ0n) is 16.2. The molecular weight excluding hydrogens is 414 g/mol. The zero-order valence-corrected chi connectivity index (χ0v) is 17.7. The maximum atomic E-state index is 12.9. The standard InChI is InChI=1S/C20H24ClN3O4S/c1-28-18-9-7-16(8-10-18)14-23-11-4-12-24(29(23,26)27)15-20(25)22-13-17-5-2-3-6-19(17)21/h2-3,5-10H,4,11-15H2,1H3,(H,22,25). The van der Waals surface area contributed by atoms with Crippen molar-refractivity contribution in [3.63, 3.8) is 0 Å². The number of benzene rings is 2. The summed E-state index contributed by atoms with van der Waals surface area (Å²) in [6.07, 6.45) is 0.660. The average molecular weight is 438 g/mol.